The highest BCUT2D eigenvalue weighted by atomic mass is 127. The lowest BCUT2D eigenvalue weighted by atomic mass is 10.2. The van der Waals surface area contributed by atoms with E-state index in [1.807, 2.05) is 54.1 Å². The first-order valence-corrected chi connectivity index (χ1v) is 9.31. The van der Waals surface area contributed by atoms with E-state index in [4.69, 9.17) is 9.84 Å². The summed E-state index contributed by atoms with van der Waals surface area (Å²) >= 11 is 0. The van der Waals surface area contributed by atoms with Gasteiger partial charge in [-0.05, 0) is 32.0 Å². The van der Waals surface area contributed by atoms with Crippen LogP contribution < -0.4 is 15.4 Å². The van der Waals surface area contributed by atoms with Gasteiger partial charge in [-0.15, -0.1) is 24.0 Å². The zero-order valence-corrected chi connectivity index (χ0v) is 19.6. The molecule has 0 aliphatic carbocycles. The molecule has 0 saturated carbocycles. The first-order valence-electron chi connectivity index (χ1n) is 9.31. The van der Waals surface area contributed by atoms with Crippen LogP contribution in [0.4, 0.5) is 0 Å². The lowest BCUT2D eigenvalue weighted by molar-refractivity contribution is 0.409. The van der Waals surface area contributed by atoms with Gasteiger partial charge in [0.25, 0.3) is 0 Å². The SMILES string of the molecule is CN=C(NCc1ccccc1OC)NCc1c(C)nn(-c2ccccc2)c1C.I. The Morgan fingerprint density at radius 1 is 1.00 bits per heavy atom. The van der Waals surface area contributed by atoms with Crippen molar-refractivity contribution in [3.8, 4) is 11.4 Å². The molecule has 0 unspecified atom stereocenters. The molecule has 3 rings (SSSR count). The van der Waals surface area contributed by atoms with Crippen molar-refractivity contribution in [2.45, 2.75) is 26.9 Å². The molecule has 1 heterocycles. The molecule has 0 aliphatic heterocycles. The number of rotatable bonds is 6. The van der Waals surface area contributed by atoms with Crippen molar-refractivity contribution in [1.82, 2.24) is 20.4 Å². The minimum Gasteiger partial charge on any atom is -0.496 e. The van der Waals surface area contributed by atoms with E-state index in [1.54, 1.807) is 14.2 Å². The number of aromatic nitrogens is 2. The molecule has 0 spiro atoms. The zero-order valence-electron chi connectivity index (χ0n) is 17.3. The average molecular weight is 505 g/mol. The van der Waals surface area contributed by atoms with Crippen LogP contribution in [0.3, 0.4) is 0 Å². The predicted octanol–water partition coefficient (Wildman–Crippen LogP) is 3.98. The van der Waals surface area contributed by atoms with Crippen LogP contribution in [0, 0.1) is 13.8 Å². The van der Waals surface area contributed by atoms with Gasteiger partial charge in [0.05, 0.1) is 18.5 Å². The minimum atomic E-state index is 0. The summed E-state index contributed by atoms with van der Waals surface area (Å²) in [5.74, 6) is 1.60. The number of aryl methyl sites for hydroxylation is 1. The predicted molar refractivity (Wildman–Crippen MR) is 128 cm³/mol. The molecule has 0 fully saturated rings. The number of para-hydroxylation sites is 2. The maximum atomic E-state index is 5.41. The van der Waals surface area contributed by atoms with Gasteiger partial charge in [-0.1, -0.05) is 36.4 Å². The van der Waals surface area contributed by atoms with E-state index < -0.39 is 0 Å². The monoisotopic (exact) mass is 505 g/mol. The molecule has 29 heavy (non-hydrogen) atoms. The summed E-state index contributed by atoms with van der Waals surface area (Å²) in [7, 11) is 3.45. The molecule has 0 radical (unpaired) electrons. The third-order valence-electron chi connectivity index (χ3n) is 4.74. The molecule has 3 aromatic rings. The number of methoxy groups -OCH3 is 1. The van der Waals surface area contributed by atoms with Gasteiger partial charge in [-0.2, -0.15) is 5.10 Å². The van der Waals surface area contributed by atoms with E-state index >= 15 is 0 Å². The Morgan fingerprint density at radius 2 is 1.66 bits per heavy atom. The van der Waals surface area contributed by atoms with E-state index in [0.29, 0.717) is 13.1 Å². The van der Waals surface area contributed by atoms with E-state index in [-0.39, 0.29) is 24.0 Å². The molecule has 2 N–H and O–H groups in total. The fourth-order valence-electron chi connectivity index (χ4n) is 3.17. The molecule has 1 aromatic heterocycles. The number of halogens is 1. The highest BCUT2D eigenvalue weighted by Crippen LogP contribution is 2.18. The summed E-state index contributed by atoms with van der Waals surface area (Å²) < 4.78 is 7.39. The fraction of sp³-hybridized carbons (Fsp3) is 0.273. The largest absolute Gasteiger partial charge is 0.496 e. The van der Waals surface area contributed by atoms with Crippen LogP contribution in [0.5, 0.6) is 5.75 Å². The van der Waals surface area contributed by atoms with Gasteiger partial charge in [-0.3, -0.25) is 4.99 Å². The van der Waals surface area contributed by atoms with Crippen molar-refractivity contribution < 1.29 is 4.74 Å². The summed E-state index contributed by atoms with van der Waals surface area (Å²) in [5.41, 5.74) is 5.44. The normalized spacial score (nSPS) is 11.0. The van der Waals surface area contributed by atoms with Gasteiger partial charge < -0.3 is 15.4 Å². The Bertz CT molecular complexity index is 953. The number of nitrogens with one attached hydrogen (secondary N) is 2. The van der Waals surface area contributed by atoms with Crippen molar-refractivity contribution >= 4 is 29.9 Å². The summed E-state index contributed by atoms with van der Waals surface area (Å²) in [6.07, 6.45) is 0. The fourth-order valence-corrected chi connectivity index (χ4v) is 3.17. The van der Waals surface area contributed by atoms with Crippen LogP contribution in [0.2, 0.25) is 0 Å². The van der Waals surface area contributed by atoms with Crippen LogP contribution in [-0.2, 0) is 13.1 Å². The molecular formula is C22H28IN5O. The van der Waals surface area contributed by atoms with Crippen molar-refractivity contribution in [2.24, 2.45) is 4.99 Å². The molecule has 0 amide bonds. The highest BCUT2D eigenvalue weighted by Gasteiger charge is 2.13. The summed E-state index contributed by atoms with van der Waals surface area (Å²) in [6, 6.07) is 18.1. The number of ether oxygens (including phenoxy) is 1. The maximum Gasteiger partial charge on any atom is 0.191 e. The molecule has 6 nitrogen and oxygen atoms in total. The van der Waals surface area contributed by atoms with Gasteiger partial charge in [-0.25, -0.2) is 4.68 Å². The van der Waals surface area contributed by atoms with Crippen LogP contribution in [-0.4, -0.2) is 29.9 Å². The number of aliphatic imine (C=N–C) groups is 1. The second kappa shape index (κ2) is 10.8. The van der Waals surface area contributed by atoms with E-state index in [2.05, 4.69) is 34.7 Å². The average Bonchev–Trinajstić information content (AvgIpc) is 3.02. The number of hydrogen-bond acceptors (Lipinski definition) is 3. The van der Waals surface area contributed by atoms with Crippen LogP contribution in [0.15, 0.2) is 59.6 Å². The topological polar surface area (TPSA) is 63.5 Å². The summed E-state index contributed by atoms with van der Waals surface area (Å²) in [4.78, 5) is 4.32. The number of guanidine groups is 1. The lowest BCUT2D eigenvalue weighted by Gasteiger charge is -2.14. The van der Waals surface area contributed by atoms with Gasteiger partial charge in [0.2, 0.25) is 0 Å². The molecule has 0 saturated heterocycles. The van der Waals surface area contributed by atoms with Crippen molar-refractivity contribution in [2.75, 3.05) is 14.2 Å². The van der Waals surface area contributed by atoms with Gasteiger partial charge in [0.1, 0.15) is 5.75 Å². The standard InChI is InChI=1S/C22H27N5O.HI/c1-16-20(17(2)27(26-16)19-11-6-5-7-12-19)15-25-22(23-3)24-14-18-10-8-9-13-21(18)28-4;/h5-13H,14-15H2,1-4H3,(H2,23,24,25);1H. The third kappa shape index (κ3) is 5.50. The molecule has 154 valence electrons. The van der Waals surface area contributed by atoms with Crippen LogP contribution >= 0.6 is 24.0 Å². The highest BCUT2D eigenvalue weighted by molar-refractivity contribution is 14.0. The number of hydrogen-bond donors (Lipinski definition) is 2. The lowest BCUT2D eigenvalue weighted by Crippen LogP contribution is -2.36. The second-order valence-corrected chi connectivity index (χ2v) is 6.49. The second-order valence-electron chi connectivity index (χ2n) is 6.49. The molecule has 2 aromatic carbocycles. The third-order valence-corrected chi connectivity index (χ3v) is 4.74. The quantitative estimate of drug-likeness (QED) is 0.302. The molecule has 0 bridgehead atoms. The van der Waals surface area contributed by atoms with Crippen molar-refractivity contribution in [3.63, 3.8) is 0 Å². The van der Waals surface area contributed by atoms with Gasteiger partial charge in [0, 0.05) is 37.0 Å². The van der Waals surface area contributed by atoms with Gasteiger partial charge >= 0.3 is 0 Å². The Labute approximate surface area is 189 Å². The van der Waals surface area contributed by atoms with E-state index in [1.165, 1.54) is 5.56 Å². The Hall–Kier alpha value is -2.55. The Balaban J connectivity index is 0.00000300. The molecular weight excluding hydrogens is 477 g/mol. The number of benzene rings is 2. The van der Waals surface area contributed by atoms with Crippen LogP contribution in [0.25, 0.3) is 5.69 Å². The van der Waals surface area contributed by atoms with Crippen LogP contribution in [0.1, 0.15) is 22.5 Å². The number of nitrogens with zero attached hydrogens (tertiary/aromatic N) is 3. The smallest absolute Gasteiger partial charge is 0.191 e. The van der Waals surface area contributed by atoms with Crippen molar-refractivity contribution in [3.05, 3.63) is 77.1 Å². The zero-order chi connectivity index (χ0) is 19.9. The first-order chi connectivity index (χ1) is 13.6. The Kier molecular flexibility index (Phi) is 8.50. The molecule has 0 aliphatic rings. The van der Waals surface area contributed by atoms with Crippen molar-refractivity contribution in [1.29, 1.82) is 0 Å². The van der Waals surface area contributed by atoms with E-state index in [9.17, 15) is 0 Å². The Morgan fingerprint density at radius 3 is 2.34 bits per heavy atom. The summed E-state index contributed by atoms with van der Waals surface area (Å²) in [6.45, 7) is 5.41. The first kappa shape index (κ1) is 22.7. The van der Waals surface area contributed by atoms with E-state index in [0.717, 1.165) is 34.3 Å². The van der Waals surface area contributed by atoms with Gasteiger partial charge in [0.15, 0.2) is 5.96 Å². The maximum absolute atomic E-state index is 5.41. The molecule has 7 heteroatoms. The summed E-state index contributed by atoms with van der Waals surface area (Å²) in [5, 5.41) is 11.4. The molecule has 0 atom stereocenters. The minimum absolute atomic E-state index is 0.